The molecule has 0 amide bonds. The monoisotopic (exact) mass is 390 g/mol. The van der Waals surface area contributed by atoms with Gasteiger partial charge in [0.25, 0.3) is 0 Å². The van der Waals surface area contributed by atoms with Crippen LogP contribution in [0.4, 0.5) is 26.3 Å². The molecule has 0 N–H and O–H groups in total. The molecule has 0 aliphatic heterocycles. The van der Waals surface area contributed by atoms with Gasteiger partial charge in [-0.15, -0.1) is 0 Å². The molecule has 0 atom stereocenters. The Morgan fingerprint density at radius 3 is 2.08 bits per heavy atom. The van der Waals surface area contributed by atoms with Crippen LogP contribution in [0.15, 0.2) is 58.8 Å². The highest BCUT2D eigenvalue weighted by Crippen LogP contribution is 2.40. The van der Waals surface area contributed by atoms with Crippen molar-refractivity contribution >= 4 is 17.5 Å². The number of carbonyl (C=O) groups is 1. The molecule has 2 rings (SSSR count). The van der Waals surface area contributed by atoms with E-state index in [0.717, 1.165) is 23.1 Å². The number of halogens is 6. The molecule has 138 valence electrons. The Morgan fingerprint density at radius 1 is 0.923 bits per heavy atom. The smallest absolute Gasteiger partial charge is 0.289 e. The van der Waals surface area contributed by atoms with Crippen molar-refractivity contribution in [1.29, 1.82) is 0 Å². The van der Waals surface area contributed by atoms with Crippen LogP contribution in [-0.4, -0.2) is 5.78 Å². The second kappa shape index (κ2) is 7.57. The maximum absolute atomic E-state index is 13.0. The number of hydrogen-bond donors (Lipinski definition) is 0. The summed E-state index contributed by atoms with van der Waals surface area (Å²) in [5.74, 6) is -0.419. The highest BCUT2D eigenvalue weighted by Gasteiger charge is 2.38. The third-order valence-electron chi connectivity index (χ3n) is 3.36. The zero-order chi connectivity index (χ0) is 19.5. The van der Waals surface area contributed by atoms with Crippen LogP contribution in [-0.2, 0) is 12.4 Å². The molecule has 0 radical (unpaired) electrons. The average Bonchev–Trinajstić information content (AvgIpc) is 2.53. The molecule has 0 saturated carbocycles. The summed E-state index contributed by atoms with van der Waals surface area (Å²) in [7, 11) is 0. The predicted octanol–water partition coefficient (Wildman–Crippen LogP) is 6.52. The zero-order valence-corrected chi connectivity index (χ0v) is 14.1. The molecule has 0 heterocycles. The molecule has 0 aromatic heterocycles. The van der Waals surface area contributed by atoms with Gasteiger partial charge in [-0.3, -0.25) is 4.79 Å². The largest absolute Gasteiger partial charge is 0.417 e. The van der Waals surface area contributed by atoms with Crippen molar-refractivity contribution in [3.8, 4) is 0 Å². The van der Waals surface area contributed by atoms with Gasteiger partial charge < -0.3 is 0 Å². The van der Waals surface area contributed by atoms with Crippen LogP contribution >= 0.6 is 11.8 Å². The molecule has 0 aliphatic carbocycles. The van der Waals surface area contributed by atoms with Crippen molar-refractivity contribution < 1.29 is 31.1 Å². The molecule has 0 fully saturated rings. The number of thioether (sulfide) groups is 1. The lowest BCUT2D eigenvalue weighted by molar-refractivity contribution is -0.144. The number of allylic oxidation sites excluding steroid dienone is 1. The highest BCUT2D eigenvalue weighted by atomic mass is 32.2. The molecule has 2 aromatic rings. The summed E-state index contributed by atoms with van der Waals surface area (Å²) < 4.78 is 77.0. The fourth-order valence-electron chi connectivity index (χ4n) is 2.01. The van der Waals surface area contributed by atoms with Gasteiger partial charge in [-0.1, -0.05) is 41.6 Å². The summed E-state index contributed by atoms with van der Waals surface area (Å²) >= 11 is 0.531. The number of rotatable bonds is 4. The van der Waals surface area contributed by atoms with Crippen molar-refractivity contribution in [3.63, 3.8) is 0 Å². The van der Waals surface area contributed by atoms with Crippen LogP contribution in [0.1, 0.15) is 27.0 Å². The second-order valence-electron chi connectivity index (χ2n) is 5.36. The number of benzene rings is 2. The van der Waals surface area contributed by atoms with E-state index < -0.39 is 34.2 Å². The summed E-state index contributed by atoms with van der Waals surface area (Å²) in [5.41, 5.74) is -1.48. The van der Waals surface area contributed by atoms with Crippen molar-refractivity contribution in [2.24, 2.45) is 0 Å². The van der Waals surface area contributed by atoms with Gasteiger partial charge in [-0.2, -0.15) is 26.3 Å². The van der Waals surface area contributed by atoms with Crippen LogP contribution in [0.5, 0.6) is 0 Å². The highest BCUT2D eigenvalue weighted by molar-refractivity contribution is 8.02. The second-order valence-corrected chi connectivity index (χ2v) is 6.31. The van der Waals surface area contributed by atoms with Gasteiger partial charge in [0.05, 0.1) is 11.1 Å². The van der Waals surface area contributed by atoms with Crippen molar-refractivity contribution in [2.75, 3.05) is 0 Å². The average molecular weight is 390 g/mol. The number of ketones is 1. The quantitative estimate of drug-likeness (QED) is 0.256. The number of alkyl halides is 6. The summed E-state index contributed by atoms with van der Waals surface area (Å²) in [6, 6.07) is 7.97. The molecule has 0 aliphatic rings. The lowest BCUT2D eigenvalue weighted by Gasteiger charge is -2.14. The Balaban J connectivity index is 2.23. The summed E-state index contributed by atoms with van der Waals surface area (Å²) in [5, 5.41) is 1.13. The topological polar surface area (TPSA) is 17.1 Å². The molecule has 0 unspecified atom stereocenters. The predicted molar refractivity (Wildman–Crippen MR) is 87.0 cm³/mol. The molecule has 0 spiro atoms. The van der Waals surface area contributed by atoms with Crippen LogP contribution in [0.3, 0.4) is 0 Å². The van der Waals surface area contributed by atoms with Gasteiger partial charge in [-0.25, -0.2) is 0 Å². The minimum atomic E-state index is -4.95. The maximum atomic E-state index is 13.0. The van der Waals surface area contributed by atoms with E-state index in [1.165, 1.54) is 0 Å². The first-order chi connectivity index (χ1) is 12.0. The molecule has 0 bridgehead atoms. The van der Waals surface area contributed by atoms with Gasteiger partial charge in [0.1, 0.15) is 0 Å². The van der Waals surface area contributed by atoms with E-state index in [9.17, 15) is 31.1 Å². The first kappa shape index (κ1) is 20.1. The summed E-state index contributed by atoms with van der Waals surface area (Å²) in [6.07, 6.45) is -8.74. The molecule has 8 heteroatoms. The normalized spacial score (nSPS) is 12.6. The van der Waals surface area contributed by atoms with E-state index in [1.807, 2.05) is 6.92 Å². The number of aryl methyl sites for hydroxylation is 1. The van der Waals surface area contributed by atoms with Crippen LogP contribution < -0.4 is 0 Å². The van der Waals surface area contributed by atoms with Crippen molar-refractivity contribution in [3.05, 3.63) is 76.2 Å². The molecular weight excluding hydrogens is 378 g/mol. The lowest BCUT2D eigenvalue weighted by Crippen LogP contribution is -2.11. The third-order valence-corrected chi connectivity index (χ3v) is 4.24. The molecule has 26 heavy (non-hydrogen) atoms. The van der Waals surface area contributed by atoms with E-state index >= 15 is 0 Å². The standard InChI is InChI=1S/C18H12F6OS/c1-11-2-4-12(5-3-11)15(25)8-9-26-16-7-6-13(17(19,20)21)10-14(16)18(22,23)24/h2-10H,1H3/b9-8-. The van der Waals surface area contributed by atoms with Crippen LogP contribution in [0, 0.1) is 6.92 Å². The minimum Gasteiger partial charge on any atom is -0.289 e. The first-order valence-corrected chi connectivity index (χ1v) is 8.09. The van der Waals surface area contributed by atoms with Crippen LogP contribution in [0.25, 0.3) is 0 Å². The third kappa shape index (κ3) is 5.14. The first-order valence-electron chi connectivity index (χ1n) is 7.21. The number of carbonyl (C=O) groups excluding carboxylic acids is 1. The summed E-state index contributed by atoms with van der Waals surface area (Å²) in [4.78, 5) is 11.5. The van der Waals surface area contributed by atoms with Crippen molar-refractivity contribution in [1.82, 2.24) is 0 Å². The Hall–Kier alpha value is -2.22. The molecular formula is C18H12F6OS. The molecule has 2 aromatic carbocycles. The van der Waals surface area contributed by atoms with E-state index in [4.69, 9.17) is 0 Å². The van der Waals surface area contributed by atoms with Gasteiger partial charge in [-0.05, 0) is 36.6 Å². The summed E-state index contributed by atoms with van der Waals surface area (Å²) in [6.45, 7) is 1.84. The Morgan fingerprint density at radius 2 is 1.54 bits per heavy atom. The fourth-order valence-corrected chi connectivity index (χ4v) is 2.80. The Labute approximate surface area is 149 Å². The molecule has 1 nitrogen and oxygen atoms in total. The lowest BCUT2D eigenvalue weighted by atomic mass is 10.1. The zero-order valence-electron chi connectivity index (χ0n) is 13.3. The number of hydrogen-bond acceptors (Lipinski definition) is 2. The van der Waals surface area contributed by atoms with Gasteiger partial charge in [0.15, 0.2) is 5.78 Å². The van der Waals surface area contributed by atoms with E-state index in [2.05, 4.69) is 0 Å². The van der Waals surface area contributed by atoms with Gasteiger partial charge >= 0.3 is 12.4 Å². The Kier molecular flexibility index (Phi) is 5.85. The van der Waals surface area contributed by atoms with E-state index in [1.54, 1.807) is 24.3 Å². The van der Waals surface area contributed by atoms with Gasteiger partial charge in [0, 0.05) is 10.5 Å². The SMILES string of the molecule is Cc1ccc(C(=O)/C=C\Sc2ccc(C(F)(F)F)cc2C(F)(F)F)cc1. The maximum Gasteiger partial charge on any atom is 0.417 e. The van der Waals surface area contributed by atoms with E-state index in [-0.39, 0.29) is 6.07 Å². The minimum absolute atomic E-state index is 0.0674. The molecule has 0 saturated heterocycles. The van der Waals surface area contributed by atoms with Crippen molar-refractivity contribution in [2.45, 2.75) is 24.2 Å². The van der Waals surface area contributed by atoms with Gasteiger partial charge in [0.2, 0.25) is 0 Å². The van der Waals surface area contributed by atoms with E-state index in [0.29, 0.717) is 23.4 Å². The van der Waals surface area contributed by atoms with Crippen LogP contribution in [0.2, 0.25) is 0 Å². The fraction of sp³-hybridized carbons (Fsp3) is 0.167. The Bertz CT molecular complexity index is 819.